The van der Waals surface area contributed by atoms with Crippen molar-refractivity contribution in [2.45, 2.75) is 26.8 Å². The zero-order valence-electron chi connectivity index (χ0n) is 12.5. The molecule has 1 unspecified atom stereocenters. The number of carbonyl (C=O) groups is 1. The van der Waals surface area contributed by atoms with E-state index in [2.05, 4.69) is 5.32 Å². The van der Waals surface area contributed by atoms with Crippen LogP contribution in [-0.2, 0) is 4.79 Å². The van der Waals surface area contributed by atoms with Crippen molar-refractivity contribution in [3.8, 4) is 5.75 Å². The van der Waals surface area contributed by atoms with Crippen LogP contribution >= 0.6 is 0 Å². The van der Waals surface area contributed by atoms with Gasteiger partial charge in [0.15, 0.2) is 0 Å². The summed E-state index contributed by atoms with van der Waals surface area (Å²) in [6.45, 7) is 5.48. The first-order chi connectivity index (χ1) is 9.91. The van der Waals surface area contributed by atoms with Gasteiger partial charge >= 0.3 is 0 Å². The van der Waals surface area contributed by atoms with E-state index in [-0.39, 0.29) is 11.7 Å². The number of rotatable bonds is 3. The van der Waals surface area contributed by atoms with Gasteiger partial charge in [0, 0.05) is 5.69 Å². The van der Waals surface area contributed by atoms with Gasteiger partial charge < -0.3 is 16.2 Å². The van der Waals surface area contributed by atoms with Crippen LogP contribution in [0.2, 0.25) is 0 Å². The lowest BCUT2D eigenvalue weighted by Crippen LogP contribution is -2.28. The smallest absolute Gasteiger partial charge is 0.245 e. The second-order valence-corrected chi connectivity index (χ2v) is 5.22. The fraction of sp³-hybridized carbons (Fsp3) is 0.235. The number of aromatic hydroxyl groups is 1. The first-order valence-corrected chi connectivity index (χ1v) is 6.83. The lowest BCUT2D eigenvalue weighted by atomic mass is 10.0. The normalized spacial score (nSPS) is 12.0. The Balaban J connectivity index is 2.25. The highest BCUT2D eigenvalue weighted by atomic mass is 16.3. The van der Waals surface area contributed by atoms with E-state index in [9.17, 15) is 9.90 Å². The Morgan fingerprint density at radius 2 is 1.76 bits per heavy atom. The number of hydrogen-bond acceptors (Lipinski definition) is 3. The molecule has 1 amide bonds. The van der Waals surface area contributed by atoms with Crippen LogP contribution in [0.1, 0.15) is 28.3 Å². The molecule has 0 bridgehead atoms. The molecule has 4 N–H and O–H groups in total. The molecule has 1 atom stereocenters. The van der Waals surface area contributed by atoms with E-state index in [1.165, 1.54) is 0 Å². The molecule has 0 spiro atoms. The van der Waals surface area contributed by atoms with E-state index in [1.807, 2.05) is 44.2 Å². The quantitative estimate of drug-likeness (QED) is 0.758. The monoisotopic (exact) mass is 284 g/mol. The molecule has 0 radical (unpaired) electrons. The molecule has 2 rings (SSSR count). The number of anilines is 1. The van der Waals surface area contributed by atoms with Gasteiger partial charge in [-0.1, -0.05) is 30.3 Å². The highest BCUT2D eigenvalue weighted by Gasteiger charge is 2.18. The van der Waals surface area contributed by atoms with Gasteiger partial charge in [-0.2, -0.15) is 0 Å². The molecule has 2 aromatic carbocycles. The lowest BCUT2D eigenvalue weighted by Gasteiger charge is -2.17. The molecular formula is C17H20N2O2. The fourth-order valence-electron chi connectivity index (χ4n) is 2.22. The summed E-state index contributed by atoms with van der Waals surface area (Å²) in [7, 11) is 0. The number of hydrogen-bond donors (Lipinski definition) is 3. The van der Waals surface area contributed by atoms with Gasteiger partial charge in [0.25, 0.3) is 0 Å². The van der Waals surface area contributed by atoms with Crippen LogP contribution in [0.25, 0.3) is 0 Å². The van der Waals surface area contributed by atoms with E-state index in [0.29, 0.717) is 5.69 Å². The van der Waals surface area contributed by atoms with E-state index in [4.69, 9.17) is 5.73 Å². The average molecular weight is 284 g/mol. The number of carbonyl (C=O) groups excluding carboxylic acids is 1. The van der Waals surface area contributed by atoms with Crippen LogP contribution in [0.4, 0.5) is 5.69 Å². The predicted octanol–water partition coefficient (Wildman–Crippen LogP) is 2.96. The molecule has 4 heteroatoms. The van der Waals surface area contributed by atoms with Gasteiger partial charge in [-0.25, -0.2) is 0 Å². The molecule has 2 aromatic rings. The Kier molecular flexibility index (Phi) is 4.29. The van der Waals surface area contributed by atoms with Crippen molar-refractivity contribution in [1.29, 1.82) is 0 Å². The maximum absolute atomic E-state index is 12.3. The Hall–Kier alpha value is -2.33. The van der Waals surface area contributed by atoms with Crippen LogP contribution in [0.3, 0.4) is 0 Å². The summed E-state index contributed by atoms with van der Waals surface area (Å²) < 4.78 is 0. The minimum absolute atomic E-state index is 0.262. The van der Waals surface area contributed by atoms with E-state index < -0.39 is 6.04 Å². The SMILES string of the molecule is Cc1cc(NC(=O)C(N)c2ccccc2)c(C)c(C)c1O. The number of phenols is 1. The van der Waals surface area contributed by atoms with Gasteiger partial charge in [-0.3, -0.25) is 4.79 Å². The van der Waals surface area contributed by atoms with Crippen LogP contribution in [-0.4, -0.2) is 11.0 Å². The minimum atomic E-state index is -0.722. The van der Waals surface area contributed by atoms with E-state index >= 15 is 0 Å². The van der Waals surface area contributed by atoms with Gasteiger partial charge in [0.2, 0.25) is 5.91 Å². The largest absolute Gasteiger partial charge is 0.507 e. The molecule has 0 heterocycles. The first kappa shape index (κ1) is 15.1. The van der Waals surface area contributed by atoms with Crippen molar-refractivity contribution in [3.05, 3.63) is 58.7 Å². The molecule has 0 aliphatic rings. The number of amides is 1. The van der Waals surface area contributed by atoms with Crippen LogP contribution in [0.5, 0.6) is 5.75 Å². The zero-order chi connectivity index (χ0) is 15.6. The molecular weight excluding hydrogens is 264 g/mol. The number of aryl methyl sites for hydroxylation is 1. The maximum atomic E-state index is 12.3. The highest BCUT2D eigenvalue weighted by molar-refractivity contribution is 5.96. The standard InChI is InChI=1S/C17H20N2O2/c1-10-9-14(11(2)12(3)16(10)20)19-17(21)15(18)13-7-5-4-6-8-13/h4-9,15,20H,18H2,1-3H3,(H,19,21). The topological polar surface area (TPSA) is 75.4 Å². The highest BCUT2D eigenvalue weighted by Crippen LogP contribution is 2.30. The third-order valence-corrected chi connectivity index (χ3v) is 3.76. The molecule has 0 saturated carbocycles. The number of benzene rings is 2. The maximum Gasteiger partial charge on any atom is 0.245 e. The molecule has 0 aromatic heterocycles. The summed E-state index contributed by atoms with van der Waals surface area (Å²) in [4.78, 5) is 12.3. The summed E-state index contributed by atoms with van der Waals surface area (Å²) in [5, 5.41) is 12.7. The summed E-state index contributed by atoms with van der Waals surface area (Å²) in [5.74, 6) is -0.00773. The second kappa shape index (κ2) is 5.97. The van der Waals surface area contributed by atoms with Crippen molar-refractivity contribution in [2.75, 3.05) is 5.32 Å². The molecule has 0 aliphatic carbocycles. The minimum Gasteiger partial charge on any atom is -0.507 e. The van der Waals surface area contributed by atoms with Crippen molar-refractivity contribution >= 4 is 11.6 Å². The second-order valence-electron chi connectivity index (χ2n) is 5.22. The number of phenolic OH excluding ortho intramolecular Hbond substituents is 1. The third-order valence-electron chi connectivity index (χ3n) is 3.76. The van der Waals surface area contributed by atoms with Gasteiger partial charge in [-0.15, -0.1) is 0 Å². The molecule has 0 aliphatic heterocycles. The van der Waals surface area contributed by atoms with Crippen LogP contribution < -0.4 is 11.1 Å². The Morgan fingerprint density at radius 3 is 2.38 bits per heavy atom. The molecule has 0 saturated heterocycles. The van der Waals surface area contributed by atoms with E-state index in [0.717, 1.165) is 22.3 Å². The van der Waals surface area contributed by atoms with Crippen LogP contribution in [0, 0.1) is 20.8 Å². The molecule has 110 valence electrons. The van der Waals surface area contributed by atoms with Crippen molar-refractivity contribution in [3.63, 3.8) is 0 Å². The number of nitrogens with two attached hydrogens (primary N) is 1. The average Bonchev–Trinajstić information content (AvgIpc) is 2.50. The Morgan fingerprint density at radius 1 is 1.14 bits per heavy atom. The summed E-state index contributed by atoms with van der Waals surface area (Å²) in [5.41, 5.74) is 9.75. The summed E-state index contributed by atoms with van der Waals surface area (Å²) in [6, 6.07) is 10.3. The lowest BCUT2D eigenvalue weighted by molar-refractivity contribution is -0.117. The Bertz CT molecular complexity index is 666. The molecule has 0 fully saturated rings. The van der Waals surface area contributed by atoms with Crippen molar-refractivity contribution in [2.24, 2.45) is 5.73 Å². The molecule has 4 nitrogen and oxygen atoms in total. The first-order valence-electron chi connectivity index (χ1n) is 6.83. The summed E-state index contributed by atoms with van der Waals surface area (Å²) in [6.07, 6.45) is 0. The third kappa shape index (κ3) is 3.06. The van der Waals surface area contributed by atoms with Gasteiger partial charge in [-0.05, 0) is 49.1 Å². The summed E-state index contributed by atoms with van der Waals surface area (Å²) >= 11 is 0. The zero-order valence-corrected chi connectivity index (χ0v) is 12.5. The molecule has 21 heavy (non-hydrogen) atoms. The predicted molar refractivity (Wildman–Crippen MR) is 84.3 cm³/mol. The fourth-order valence-corrected chi connectivity index (χ4v) is 2.22. The van der Waals surface area contributed by atoms with Crippen molar-refractivity contribution < 1.29 is 9.90 Å². The van der Waals surface area contributed by atoms with Crippen LogP contribution in [0.15, 0.2) is 36.4 Å². The van der Waals surface area contributed by atoms with Gasteiger partial charge in [0.1, 0.15) is 11.8 Å². The van der Waals surface area contributed by atoms with E-state index in [1.54, 1.807) is 13.0 Å². The van der Waals surface area contributed by atoms with Crippen molar-refractivity contribution in [1.82, 2.24) is 0 Å². The Labute approximate surface area is 124 Å². The number of nitrogens with one attached hydrogen (secondary N) is 1. The van der Waals surface area contributed by atoms with Gasteiger partial charge in [0.05, 0.1) is 0 Å².